The lowest BCUT2D eigenvalue weighted by Crippen LogP contribution is -2.39. The van der Waals surface area contributed by atoms with E-state index in [0.717, 1.165) is 13.0 Å². The van der Waals surface area contributed by atoms with Crippen LogP contribution < -0.4 is 10.6 Å². The van der Waals surface area contributed by atoms with E-state index in [1.165, 1.54) is 10.9 Å². The third kappa shape index (κ3) is 4.19. The van der Waals surface area contributed by atoms with Crippen molar-refractivity contribution >= 4 is 12.0 Å². The second-order valence-corrected chi connectivity index (χ2v) is 4.54. The Bertz CT molecular complexity index is 469. The number of aromatic nitrogens is 3. The maximum Gasteiger partial charge on any atom is 0.358 e. The second kappa shape index (κ2) is 6.85. The summed E-state index contributed by atoms with van der Waals surface area (Å²) < 4.78 is 6.58. The number of aromatic carboxylic acids is 1. The van der Waals surface area contributed by atoms with Crippen molar-refractivity contribution in [3.8, 4) is 0 Å². The Balaban J connectivity index is 1.61. The Labute approximate surface area is 115 Å². The number of carboxylic acids is 1. The minimum Gasteiger partial charge on any atom is -0.476 e. The van der Waals surface area contributed by atoms with Crippen molar-refractivity contribution in [1.29, 1.82) is 0 Å². The molecule has 1 saturated heterocycles. The van der Waals surface area contributed by atoms with Crippen LogP contribution in [0.5, 0.6) is 0 Å². The van der Waals surface area contributed by atoms with Gasteiger partial charge in [0.15, 0.2) is 5.69 Å². The van der Waals surface area contributed by atoms with E-state index in [9.17, 15) is 9.59 Å². The summed E-state index contributed by atoms with van der Waals surface area (Å²) in [5.74, 6) is -0.741. The van der Waals surface area contributed by atoms with Crippen LogP contribution in [0.4, 0.5) is 4.79 Å². The summed E-state index contributed by atoms with van der Waals surface area (Å²) in [5, 5.41) is 21.2. The molecule has 0 saturated carbocycles. The third-order valence-corrected chi connectivity index (χ3v) is 2.96. The summed E-state index contributed by atoms with van der Waals surface area (Å²) in [5.41, 5.74) is -0.115. The standard InChI is InChI=1S/C11H17N5O4/c17-10(18)9-6-16(15-14-9)3-2-12-11(19)13-5-8-1-4-20-7-8/h6,8H,1-5,7H2,(H,17,18)(H2,12,13,19). The zero-order valence-electron chi connectivity index (χ0n) is 10.9. The molecule has 1 aliphatic heterocycles. The van der Waals surface area contributed by atoms with Crippen molar-refractivity contribution in [2.24, 2.45) is 5.92 Å². The fraction of sp³-hybridized carbons (Fsp3) is 0.636. The number of rotatable bonds is 6. The van der Waals surface area contributed by atoms with Crippen molar-refractivity contribution in [3.63, 3.8) is 0 Å². The van der Waals surface area contributed by atoms with E-state index in [4.69, 9.17) is 9.84 Å². The number of ether oxygens (including phenoxy) is 1. The number of urea groups is 1. The van der Waals surface area contributed by atoms with Crippen molar-refractivity contribution in [3.05, 3.63) is 11.9 Å². The van der Waals surface area contributed by atoms with Gasteiger partial charge < -0.3 is 20.5 Å². The first-order valence-electron chi connectivity index (χ1n) is 6.38. The van der Waals surface area contributed by atoms with E-state index < -0.39 is 5.97 Å². The summed E-state index contributed by atoms with van der Waals surface area (Å²) in [7, 11) is 0. The highest BCUT2D eigenvalue weighted by molar-refractivity contribution is 5.84. The van der Waals surface area contributed by atoms with Crippen LogP contribution in [-0.2, 0) is 11.3 Å². The molecule has 1 fully saturated rings. The first-order chi connectivity index (χ1) is 9.65. The van der Waals surface area contributed by atoms with Crippen molar-refractivity contribution in [2.75, 3.05) is 26.3 Å². The molecular formula is C11H17N5O4. The molecule has 2 rings (SSSR count). The second-order valence-electron chi connectivity index (χ2n) is 4.54. The molecule has 0 aromatic carbocycles. The average molecular weight is 283 g/mol. The van der Waals surface area contributed by atoms with Gasteiger partial charge in [-0.3, -0.25) is 0 Å². The van der Waals surface area contributed by atoms with Gasteiger partial charge in [0.05, 0.1) is 19.3 Å². The first kappa shape index (κ1) is 14.3. The molecule has 2 amide bonds. The molecule has 3 N–H and O–H groups in total. The Morgan fingerprint density at radius 1 is 1.50 bits per heavy atom. The van der Waals surface area contributed by atoms with Crippen LogP contribution in [0.1, 0.15) is 16.9 Å². The lowest BCUT2D eigenvalue weighted by molar-refractivity contribution is 0.0690. The maximum atomic E-state index is 11.5. The molecule has 0 spiro atoms. The normalized spacial score (nSPS) is 17.9. The summed E-state index contributed by atoms with van der Waals surface area (Å²) in [4.78, 5) is 22.1. The van der Waals surface area contributed by atoms with E-state index in [0.29, 0.717) is 32.2 Å². The Kier molecular flexibility index (Phi) is 4.88. The topological polar surface area (TPSA) is 118 Å². The molecule has 0 aliphatic carbocycles. The number of nitrogens with zero attached hydrogens (tertiary/aromatic N) is 3. The smallest absolute Gasteiger partial charge is 0.358 e. The van der Waals surface area contributed by atoms with Gasteiger partial charge in [0.2, 0.25) is 0 Å². The van der Waals surface area contributed by atoms with E-state index in [1.807, 2.05) is 0 Å². The lowest BCUT2D eigenvalue weighted by Gasteiger charge is -2.10. The number of carboxylic acid groups (broad SMARTS) is 1. The molecule has 9 heteroatoms. The van der Waals surface area contributed by atoms with E-state index in [1.54, 1.807) is 0 Å². The molecular weight excluding hydrogens is 266 g/mol. The van der Waals surface area contributed by atoms with Gasteiger partial charge in [-0.2, -0.15) is 0 Å². The zero-order chi connectivity index (χ0) is 14.4. The third-order valence-electron chi connectivity index (χ3n) is 2.96. The molecule has 110 valence electrons. The molecule has 1 aromatic heterocycles. The quantitative estimate of drug-likeness (QED) is 0.636. The highest BCUT2D eigenvalue weighted by atomic mass is 16.5. The largest absolute Gasteiger partial charge is 0.476 e. The SMILES string of the molecule is O=C(NCCn1cc(C(=O)O)nn1)NCC1CCOC1. The predicted octanol–water partition coefficient (Wildman–Crippen LogP) is -0.688. The summed E-state index contributed by atoms with van der Waals surface area (Å²) >= 11 is 0. The number of amides is 2. The highest BCUT2D eigenvalue weighted by Crippen LogP contribution is 2.10. The van der Waals surface area contributed by atoms with Gasteiger partial charge in [0, 0.05) is 25.6 Å². The summed E-state index contributed by atoms with van der Waals surface area (Å²) in [6, 6.07) is -0.254. The molecule has 20 heavy (non-hydrogen) atoms. The van der Waals surface area contributed by atoms with E-state index in [-0.39, 0.29) is 11.7 Å². The Hall–Kier alpha value is -2.16. The number of nitrogens with one attached hydrogen (secondary N) is 2. The van der Waals surface area contributed by atoms with Crippen LogP contribution >= 0.6 is 0 Å². The van der Waals surface area contributed by atoms with Gasteiger partial charge in [-0.15, -0.1) is 5.10 Å². The predicted molar refractivity (Wildman–Crippen MR) is 67.3 cm³/mol. The van der Waals surface area contributed by atoms with Crippen LogP contribution in [0.15, 0.2) is 6.20 Å². The van der Waals surface area contributed by atoms with Crippen LogP contribution in [0.2, 0.25) is 0 Å². The van der Waals surface area contributed by atoms with Gasteiger partial charge >= 0.3 is 12.0 Å². The zero-order valence-corrected chi connectivity index (χ0v) is 10.9. The minimum atomic E-state index is -1.12. The van der Waals surface area contributed by atoms with E-state index >= 15 is 0 Å². The molecule has 9 nitrogen and oxygen atoms in total. The molecule has 1 aliphatic rings. The Morgan fingerprint density at radius 3 is 3.00 bits per heavy atom. The summed E-state index contributed by atoms with van der Waals surface area (Å²) in [6.07, 6.45) is 2.29. The van der Waals surface area contributed by atoms with Crippen molar-refractivity contribution in [2.45, 2.75) is 13.0 Å². The first-order valence-corrected chi connectivity index (χ1v) is 6.38. The molecule has 0 radical (unpaired) electrons. The number of hydrogen-bond donors (Lipinski definition) is 3. The fourth-order valence-electron chi connectivity index (χ4n) is 1.83. The van der Waals surface area contributed by atoms with Gasteiger partial charge in [-0.1, -0.05) is 5.21 Å². The van der Waals surface area contributed by atoms with Crippen LogP contribution in [0, 0.1) is 5.92 Å². The number of carbonyl (C=O) groups is 2. The molecule has 1 aromatic rings. The van der Waals surface area contributed by atoms with Gasteiger partial charge in [0.25, 0.3) is 0 Å². The highest BCUT2D eigenvalue weighted by Gasteiger charge is 2.16. The molecule has 1 unspecified atom stereocenters. The van der Waals surface area contributed by atoms with Crippen LogP contribution in [0.25, 0.3) is 0 Å². The van der Waals surface area contributed by atoms with Gasteiger partial charge in [-0.05, 0) is 6.42 Å². The summed E-state index contributed by atoms with van der Waals surface area (Å²) in [6.45, 7) is 2.75. The minimum absolute atomic E-state index is 0.115. The number of carbonyl (C=O) groups excluding carboxylic acids is 1. The molecule has 2 heterocycles. The van der Waals surface area contributed by atoms with Crippen LogP contribution in [-0.4, -0.2) is 58.4 Å². The lowest BCUT2D eigenvalue weighted by atomic mass is 10.1. The maximum absolute atomic E-state index is 11.5. The van der Waals surface area contributed by atoms with Gasteiger partial charge in [0.1, 0.15) is 0 Å². The average Bonchev–Trinajstić information content (AvgIpc) is 3.07. The Morgan fingerprint density at radius 2 is 2.35 bits per heavy atom. The van der Waals surface area contributed by atoms with Gasteiger partial charge in [-0.25, -0.2) is 14.3 Å². The fourth-order valence-corrected chi connectivity index (χ4v) is 1.83. The molecule has 0 bridgehead atoms. The molecule has 1 atom stereocenters. The van der Waals surface area contributed by atoms with Crippen molar-refractivity contribution in [1.82, 2.24) is 25.6 Å². The van der Waals surface area contributed by atoms with Crippen molar-refractivity contribution < 1.29 is 19.4 Å². The van der Waals surface area contributed by atoms with E-state index in [2.05, 4.69) is 20.9 Å². The number of hydrogen-bond acceptors (Lipinski definition) is 5. The monoisotopic (exact) mass is 283 g/mol. The van der Waals surface area contributed by atoms with Crippen LogP contribution in [0.3, 0.4) is 0 Å².